The number of amides is 1. The van der Waals surface area contributed by atoms with Gasteiger partial charge in [0.25, 0.3) is 0 Å². The summed E-state index contributed by atoms with van der Waals surface area (Å²) < 4.78 is 4.87. The first kappa shape index (κ1) is 16.5. The van der Waals surface area contributed by atoms with Crippen LogP contribution < -0.4 is 5.32 Å². The zero-order valence-corrected chi connectivity index (χ0v) is 12.4. The molecule has 3 N–H and O–H groups in total. The molecule has 2 unspecified atom stereocenters. The van der Waals surface area contributed by atoms with Crippen molar-refractivity contribution in [2.75, 3.05) is 13.2 Å². The minimum atomic E-state index is -1.27. The molecule has 7 nitrogen and oxygen atoms in total. The molecule has 0 saturated carbocycles. The van der Waals surface area contributed by atoms with Crippen molar-refractivity contribution < 1.29 is 24.5 Å². The number of nitrogens with zero attached hydrogens (tertiary/aromatic N) is 1. The van der Waals surface area contributed by atoms with E-state index < -0.39 is 18.2 Å². The molecule has 1 amide bonds. The van der Waals surface area contributed by atoms with Crippen LogP contribution in [-0.4, -0.2) is 46.3 Å². The summed E-state index contributed by atoms with van der Waals surface area (Å²) in [5.41, 5.74) is 0.439. The lowest BCUT2D eigenvalue weighted by atomic mass is 10.2. The van der Waals surface area contributed by atoms with Crippen LogP contribution in [0.15, 0.2) is 0 Å². The number of carbonyl (C=O) groups is 2. The Labute approximate surface area is 120 Å². The highest BCUT2D eigenvalue weighted by Gasteiger charge is 2.25. The number of carbonyl (C=O) groups excluding carboxylic acids is 2. The Balaban J connectivity index is 2.78. The highest BCUT2D eigenvalue weighted by atomic mass is 32.1. The average molecular weight is 302 g/mol. The zero-order valence-electron chi connectivity index (χ0n) is 11.5. The van der Waals surface area contributed by atoms with Crippen molar-refractivity contribution in [1.29, 1.82) is 0 Å². The van der Waals surface area contributed by atoms with Gasteiger partial charge in [0.05, 0.1) is 12.3 Å². The van der Waals surface area contributed by atoms with Gasteiger partial charge in [0, 0.05) is 13.5 Å². The van der Waals surface area contributed by atoms with E-state index in [1.54, 1.807) is 13.8 Å². The van der Waals surface area contributed by atoms with Gasteiger partial charge < -0.3 is 20.3 Å². The molecule has 0 fully saturated rings. The van der Waals surface area contributed by atoms with Gasteiger partial charge in [-0.05, 0) is 13.8 Å². The largest absolute Gasteiger partial charge is 0.462 e. The Morgan fingerprint density at radius 3 is 2.65 bits per heavy atom. The minimum Gasteiger partial charge on any atom is -0.462 e. The highest BCUT2D eigenvalue weighted by molar-refractivity contribution is 7.13. The van der Waals surface area contributed by atoms with Crippen LogP contribution in [-0.2, 0) is 9.53 Å². The summed E-state index contributed by atoms with van der Waals surface area (Å²) in [4.78, 5) is 26.7. The zero-order chi connectivity index (χ0) is 15.3. The van der Waals surface area contributed by atoms with E-state index in [0.717, 1.165) is 11.3 Å². The number of rotatable bonds is 6. The van der Waals surface area contributed by atoms with Gasteiger partial charge in [-0.3, -0.25) is 4.79 Å². The standard InChI is InChI=1S/C12H18N2O5S/c1-4-19-12(18)10-6(2)14-11(20-10)9(17)8(16)5-13-7(3)15/h8-9,16-17H,4-5H2,1-3H3,(H,13,15). The predicted molar refractivity (Wildman–Crippen MR) is 72.5 cm³/mol. The number of thiazole rings is 1. The van der Waals surface area contributed by atoms with Gasteiger partial charge in [-0.15, -0.1) is 11.3 Å². The Morgan fingerprint density at radius 1 is 1.45 bits per heavy atom. The van der Waals surface area contributed by atoms with E-state index in [2.05, 4.69) is 10.3 Å². The van der Waals surface area contributed by atoms with Gasteiger partial charge in [0.15, 0.2) is 0 Å². The summed E-state index contributed by atoms with van der Waals surface area (Å²) in [5, 5.41) is 22.3. The molecule has 0 spiro atoms. The van der Waals surface area contributed by atoms with Gasteiger partial charge in [-0.2, -0.15) is 0 Å². The molecule has 0 saturated heterocycles. The third kappa shape index (κ3) is 4.26. The van der Waals surface area contributed by atoms with Crippen molar-refractivity contribution in [3.8, 4) is 0 Å². The first-order valence-corrected chi connectivity index (χ1v) is 6.93. The third-order valence-electron chi connectivity index (χ3n) is 2.45. The van der Waals surface area contributed by atoms with Gasteiger partial charge in [0.1, 0.15) is 22.1 Å². The molecule has 0 radical (unpaired) electrons. The predicted octanol–water partition coefficient (Wildman–Crippen LogP) is 0.159. The lowest BCUT2D eigenvalue weighted by molar-refractivity contribution is -0.119. The van der Waals surface area contributed by atoms with Gasteiger partial charge in [-0.1, -0.05) is 0 Å². The molecule has 0 aliphatic rings. The van der Waals surface area contributed by atoms with Crippen LogP contribution in [0.5, 0.6) is 0 Å². The summed E-state index contributed by atoms with van der Waals surface area (Å²) >= 11 is 0.970. The molecule has 1 aromatic heterocycles. The average Bonchev–Trinajstić information content (AvgIpc) is 2.77. The van der Waals surface area contributed by atoms with Crippen LogP contribution in [0.1, 0.15) is 40.3 Å². The monoisotopic (exact) mass is 302 g/mol. The molecule has 8 heteroatoms. The van der Waals surface area contributed by atoms with E-state index in [-0.39, 0.29) is 24.1 Å². The number of hydrogen-bond acceptors (Lipinski definition) is 7. The molecule has 112 valence electrons. The molecule has 0 aliphatic heterocycles. The van der Waals surface area contributed by atoms with Crippen LogP contribution in [0.4, 0.5) is 0 Å². The van der Waals surface area contributed by atoms with Crippen LogP contribution >= 0.6 is 11.3 Å². The van der Waals surface area contributed by atoms with Crippen molar-refractivity contribution in [3.05, 3.63) is 15.6 Å². The summed E-state index contributed by atoms with van der Waals surface area (Å²) in [5.74, 6) is -0.809. The third-order valence-corrected chi connectivity index (χ3v) is 3.66. The molecular weight excluding hydrogens is 284 g/mol. The van der Waals surface area contributed by atoms with Gasteiger partial charge in [-0.25, -0.2) is 9.78 Å². The number of hydrogen-bond donors (Lipinski definition) is 3. The van der Waals surface area contributed by atoms with E-state index in [1.807, 2.05) is 0 Å². The van der Waals surface area contributed by atoms with E-state index in [1.165, 1.54) is 6.92 Å². The second-order valence-electron chi connectivity index (χ2n) is 4.14. The molecule has 2 atom stereocenters. The van der Waals surface area contributed by atoms with Crippen molar-refractivity contribution >= 4 is 23.2 Å². The van der Waals surface area contributed by atoms with E-state index in [4.69, 9.17) is 4.74 Å². The molecule has 1 aromatic rings. The Bertz CT molecular complexity index is 488. The molecule has 0 aromatic carbocycles. The fraction of sp³-hybridized carbons (Fsp3) is 0.583. The number of aryl methyl sites for hydroxylation is 1. The first-order chi connectivity index (χ1) is 9.36. The van der Waals surface area contributed by atoms with Crippen molar-refractivity contribution in [2.45, 2.75) is 33.0 Å². The Hall–Kier alpha value is -1.51. The lowest BCUT2D eigenvalue weighted by Gasteiger charge is -2.15. The normalized spacial score (nSPS) is 13.7. The van der Waals surface area contributed by atoms with Crippen molar-refractivity contribution in [3.63, 3.8) is 0 Å². The number of aliphatic hydroxyl groups is 2. The van der Waals surface area contributed by atoms with Crippen molar-refractivity contribution in [2.24, 2.45) is 0 Å². The van der Waals surface area contributed by atoms with Crippen molar-refractivity contribution in [1.82, 2.24) is 10.3 Å². The van der Waals surface area contributed by atoms with Gasteiger partial charge in [0.2, 0.25) is 5.91 Å². The molecule has 1 rings (SSSR count). The number of aromatic nitrogens is 1. The number of nitrogens with one attached hydrogen (secondary N) is 1. The van der Waals surface area contributed by atoms with Crippen LogP contribution in [0.25, 0.3) is 0 Å². The summed E-state index contributed by atoms with van der Waals surface area (Å²) in [6, 6.07) is 0. The molecular formula is C12H18N2O5S. The fourth-order valence-corrected chi connectivity index (χ4v) is 2.46. The summed E-state index contributed by atoms with van der Waals surface area (Å²) in [6.45, 7) is 4.79. The van der Waals surface area contributed by atoms with E-state index >= 15 is 0 Å². The summed E-state index contributed by atoms with van der Waals surface area (Å²) in [6.07, 6.45) is -2.46. The first-order valence-electron chi connectivity index (χ1n) is 6.11. The Morgan fingerprint density at radius 2 is 2.10 bits per heavy atom. The Kier molecular flexibility index (Phi) is 6.05. The molecule has 0 bridgehead atoms. The lowest BCUT2D eigenvalue weighted by Crippen LogP contribution is -2.34. The van der Waals surface area contributed by atoms with Crippen LogP contribution in [0, 0.1) is 6.92 Å². The number of ether oxygens (including phenoxy) is 1. The van der Waals surface area contributed by atoms with Crippen LogP contribution in [0.3, 0.4) is 0 Å². The second-order valence-corrected chi connectivity index (χ2v) is 5.17. The molecule has 20 heavy (non-hydrogen) atoms. The second kappa shape index (κ2) is 7.32. The smallest absolute Gasteiger partial charge is 0.350 e. The maximum absolute atomic E-state index is 11.6. The number of esters is 1. The van der Waals surface area contributed by atoms with E-state index in [9.17, 15) is 19.8 Å². The van der Waals surface area contributed by atoms with Gasteiger partial charge >= 0.3 is 5.97 Å². The SMILES string of the molecule is CCOC(=O)c1sc(C(O)C(O)CNC(C)=O)nc1C. The van der Waals surface area contributed by atoms with E-state index in [0.29, 0.717) is 10.6 Å². The maximum atomic E-state index is 11.6. The minimum absolute atomic E-state index is 0.0934. The maximum Gasteiger partial charge on any atom is 0.350 e. The number of aliphatic hydroxyl groups excluding tert-OH is 2. The van der Waals surface area contributed by atoms with Crippen LogP contribution in [0.2, 0.25) is 0 Å². The fourth-order valence-electron chi connectivity index (χ4n) is 1.45. The molecule has 0 aliphatic carbocycles. The topological polar surface area (TPSA) is 109 Å². The quantitative estimate of drug-likeness (QED) is 0.646. The summed E-state index contributed by atoms with van der Waals surface area (Å²) in [7, 11) is 0. The molecule has 1 heterocycles. The highest BCUT2D eigenvalue weighted by Crippen LogP contribution is 2.26.